The highest BCUT2D eigenvalue weighted by Gasteiger charge is 2.32. The Bertz CT molecular complexity index is 1190. The molecule has 0 aliphatic heterocycles. The van der Waals surface area contributed by atoms with Crippen molar-refractivity contribution < 1.29 is 4.79 Å². The van der Waals surface area contributed by atoms with Gasteiger partial charge in [-0.2, -0.15) is 0 Å². The maximum absolute atomic E-state index is 13.9. The summed E-state index contributed by atoms with van der Waals surface area (Å²) < 4.78 is 0. The van der Waals surface area contributed by atoms with Crippen molar-refractivity contribution in [3.8, 4) is 0 Å². The van der Waals surface area contributed by atoms with E-state index in [1.54, 1.807) is 12.1 Å². The third-order valence-corrected chi connectivity index (χ3v) is 6.25. The summed E-state index contributed by atoms with van der Waals surface area (Å²) in [5.74, 6) is -0.398. The van der Waals surface area contributed by atoms with E-state index >= 15 is 0 Å². The standard InChI is InChI=1S/C28H23Cl2NO/c1-19-12-14-21(15-13-19)27(31-23-16-17-24(29)25(30)18-23)26(20-8-4-2-5-9-20)28(32)22-10-6-3-7-11-22/h2-18,26-27,31H,1H3. The summed E-state index contributed by atoms with van der Waals surface area (Å²) in [7, 11) is 0. The summed E-state index contributed by atoms with van der Waals surface area (Å²) in [6, 6.07) is 32.7. The number of carbonyl (C=O) groups excluding carboxylic acids is 1. The Morgan fingerprint density at radius 1 is 0.719 bits per heavy atom. The van der Waals surface area contributed by atoms with Crippen LogP contribution < -0.4 is 5.32 Å². The summed E-state index contributed by atoms with van der Waals surface area (Å²) in [6.07, 6.45) is 0. The van der Waals surface area contributed by atoms with E-state index in [9.17, 15) is 4.79 Å². The van der Waals surface area contributed by atoms with Crippen molar-refractivity contribution in [3.05, 3.63) is 135 Å². The van der Waals surface area contributed by atoms with Crippen molar-refractivity contribution in [2.75, 3.05) is 5.32 Å². The number of ketones is 1. The molecule has 4 aromatic rings. The zero-order chi connectivity index (χ0) is 22.5. The zero-order valence-electron chi connectivity index (χ0n) is 17.6. The van der Waals surface area contributed by atoms with Crippen LogP contribution in [0.25, 0.3) is 0 Å². The number of carbonyl (C=O) groups is 1. The van der Waals surface area contributed by atoms with E-state index in [0.717, 1.165) is 22.4 Å². The van der Waals surface area contributed by atoms with E-state index in [1.807, 2.05) is 66.7 Å². The fraction of sp³-hybridized carbons (Fsp3) is 0.107. The highest BCUT2D eigenvalue weighted by atomic mass is 35.5. The van der Waals surface area contributed by atoms with Crippen LogP contribution in [-0.2, 0) is 0 Å². The van der Waals surface area contributed by atoms with Gasteiger partial charge in [0.25, 0.3) is 0 Å². The molecule has 0 radical (unpaired) electrons. The average Bonchev–Trinajstić information content (AvgIpc) is 2.83. The first kappa shape index (κ1) is 22.1. The minimum atomic E-state index is -0.448. The van der Waals surface area contributed by atoms with Gasteiger partial charge in [0, 0.05) is 11.3 Å². The molecule has 4 aromatic carbocycles. The average molecular weight is 460 g/mol. The van der Waals surface area contributed by atoms with Crippen LogP contribution in [0, 0.1) is 6.92 Å². The number of hydrogen-bond acceptors (Lipinski definition) is 2. The molecule has 1 N–H and O–H groups in total. The molecule has 0 aliphatic rings. The molecule has 2 nitrogen and oxygen atoms in total. The number of hydrogen-bond donors (Lipinski definition) is 1. The molecule has 4 rings (SSSR count). The molecule has 0 fully saturated rings. The van der Waals surface area contributed by atoms with E-state index in [2.05, 4.69) is 36.5 Å². The topological polar surface area (TPSA) is 29.1 Å². The number of aryl methyl sites for hydroxylation is 1. The largest absolute Gasteiger partial charge is 0.377 e. The van der Waals surface area contributed by atoms with Crippen LogP contribution in [-0.4, -0.2) is 5.78 Å². The van der Waals surface area contributed by atoms with E-state index in [4.69, 9.17) is 23.2 Å². The van der Waals surface area contributed by atoms with Gasteiger partial charge in [-0.1, -0.05) is 114 Å². The van der Waals surface area contributed by atoms with Gasteiger partial charge in [-0.3, -0.25) is 4.79 Å². The van der Waals surface area contributed by atoms with Gasteiger partial charge in [-0.25, -0.2) is 0 Å². The van der Waals surface area contributed by atoms with Crippen molar-refractivity contribution in [2.45, 2.75) is 18.9 Å². The SMILES string of the molecule is Cc1ccc(C(Nc2ccc(Cl)c(Cl)c2)C(C(=O)c2ccccc2)c2ccccc2)cc1. The highest BCUT2D eigenvalue weighted by molar-refractivity contribution is 6.42. The Balaban J connectivity index is 1.84. The molecule has 160 valence electrons. The van der Waals surface area contributed by atoms with Gasteiger partial charge in [0.15, 0.2) is 5.78 Å². The molecular weight excluding hydrogens is 437 g/mol. The van der Waals surface area contributed by atoms with Crippen LogP contribution >= 0.6 is 23.2 Å². The summed E-state index contributed by atoms with van der Waals surface area (Å²) in [5, 5.41) is 4.52. The van der Waals surface area contributed by atoms with Crippen molar-refractivity contribution in [3.63, 3.8) is 0 Å². The minimum absolute atomic E-state index is 0.0509. The molecule has 0 heterocycles. The van der Waals surface area contributed by atoms with Crippen LogP contribution in [0.1, 0.15) is 39.0 Å². The van der Waals surface area contributed by atoms with Crippen LogP contribution in [0.5, 0.6) is 0 Å². The third kappa shape index (κ3) is 5.04. The van der Waals surface area contributed by atoms with Gasteiger partial charge in [0.05, 0.1) is 22.0 Å². The van der Waals surface area contributed by atoms with Gasteiger partial charge >= 0.3 is 0 Å². The Morgan fingerprint density at radius 2 is 1.34 bits per heavy atom. The Kier molecular flexibility index (Phi) is 6.94. The van der Waals surface area contributed by atoms with Crippen LogP contribution in [0.15, 0.2) is 103 Å². The van der Waals surface area contributed by atoms with Crippen molar-refractivity contribution in [1.82, 2.24) is 0 Å². The van der Waals surface area contributed by atoms with Crippen molar-refractivity contribution >= 4 is 34.7 Å². The normalized spacial score (nSPS) is 12.7. The third-order valence-electron chi connectivity index (χ3n) is 5.51. The maximum atomic E-state index is 13.9. The Hall–Kier alpha value is -3.07. The monoisotopic (exact) mass is 459 g/mol. The first-order chi connectivity index (χ1) is 15.5. The van der Waals surface area contributed by atoms with Crippen LogP contribution in [0.3, 0.4) is 0 Å². The molecule has 32 heavy (non-hydrogen) atoms. The predicted octanol–water partition coefficient (Wildman–Crippen LogP) is 8.12. The number of rotatable bonds is 7. The number of Topliss-reactive ketones (excluding diaryl/α,β-unsaturated/α-hetero) is 1. The molecule has 0 bridgehead atoms. The lowest BCUT2D eigenvalue weighted by Gasteiger charge is -2.29. The smallest absolute Gasteiger partial charge is 0.172 e. The predicted molar refractivity (Wildman–Crippen MR) is 134 cm³/mol. The molecule has 2 atom stereocenters. The fourth-order valence-corrected chi connectivity index (χ4v) is 4.13. The van der Waals surface area contributed by atoms with E-state index in [-0.39, 0.29) is 11.8 Å². The lowest BCUT2D eigenvalue weighted by molar-refractivity contribution is 0.0950. The number of halogens is 2. The fourth-order valence-electron chi connectivity index (χ4n) is 3.84. The van der Waals surface area contributed by atoms with Crippen molar-refractivity contribution in [1.29, 1.82) is 0 Å². The first-order valence-corrected chi connectivity index (χ1v) is 11.2. The molecule has 2 unspecified atom stereocenters. The Morgan fingerprint density at radius 3 is 1.97 bits per heavy atom. The van der Waals surface area contributed by atoms with Gasteiger partial charge in [-0.05, 0) is 36.2 Å². The quantitative estimate of drug-likeness (QED) is 0.282. The maximum Gasteiger partial charge on any atom is 0.172 e. The second-order valence-electron chi connectivity index (χ2n) is 7.78. The lowest BCUT2D eigenvalue weighted by Crippen LogP contribution is -2.26. The van der Waals surface area contributed by atoms with Gasteiger partial charge in [0.1, 0.15) is 0 Å². The minimum Gasteiger partial charge on any atom is -0.377 e. The summed E-state index contributed by atoms with van der Waals surface area (Å²) in [6.45, 7) is 2.05. The van der Waals surface area contributed by atoms with E-state index in [0.29, 0.717) is 15.6 Å². The second kappa shape index (κ2) is 10.0. The summed E-state index contributed by atoms with van der Waals surface area (Å²) in [4.78, 5) is 13.9. The molecule has 0 aromatic heterocycles. The number of anilines is 1. The van der Waals surface area contributed by atoms with Crippen molar-refractivity contribution in [2.24, 2.45) is 0 Å². The van der Waals surface area contributed by atoms with Gasteiger partial charge in [0.2, 0.25) is 0 Å². The van der Waals surface area contributed by atoms with Gasteiger partial charge in [-0.15, -0.1) is 0 Å². The second-order valence-corrected chi connectivity index (χ2v) is 8.59. The summed E-state index contributed by atoms with van der Waals surface area (Å²) in [5.41, 5.74) is 4.59. The molecular formula is C28H23Cl2NO. The Labute approximate surface area is 198 Å². The van der Waals surface area contributed by atoms with E-state index in [1.165, 1.54) is 0 Å². The lowest BCUT2D eigenvalue weighted by atomic mass is 9.81. The molecule has 0 amide bonds. The molecule has 0 aliphatic carbocycles. The summed E-state index contributed by atoms with van der Waals surface area (Å²) >= 11 is 12.4. The molecule has 4 heteroatoms. The van der Waals surface area contributed by atoms with Crippen LogP contribution in [0.4, 0.5) is 5.69 Å². The van der Waals surface area contributed by atoms with Gasteiger partial charge < -0.3 is 5.32 Å². The van der Waals surface area contributed by atoms with E-state index < -0.39 is 5.92 Å². The van der Waals surface area contributed by atoms with Crippen LogP contribution in [0.2, 0.25) is 10.0 Å². The first-order valence-electron chi connectivity index (χ1n) is 10.5. The highest BCUT2D eigenvalue weighted by Crippen LogP contribution is 2.38. The molecule has 0 spiro atoms. The molecule has 0 saturated carbocycles. The molecule has 0 saturated heterocycles. The zero-order valence-corrected chi connectivity index (χ0v) is 19.1. The number of nitrogens with one attached hydrogen (secondary N) is 1. The number of benzene rings is 4.